The van der Waals surface area contributed by atoms with Crippen LogP contribution < -0.4 is 10.5 Å². The van der Waals surface area contributed by atoms with Crippen molar-refractivity contribution in [1.82, 2.24) is 9.97 Å². The van der Waals surface area contributed by atoms with Crippen molar-refractivity contribution in [3.63, 3.8) is 0 Å². The average Bonchev–Trinajstić information content (AvgIpc) is 2.75. The molecule has 0 amide bonds. The summed E-state index contributed by atoms with van der Waals surface area (Å²) in [5.74, 6) is 1.81. The Morgan fingerprint density at radius 2 is 2.11 bits per heavy atom. The summed E-state index contributed by atoms with van der Waals surface area (Å²) >= 11 is 0. The van der Waals surface area contributed by atoms with Crippen LogP contribution in [0.1, 0.15) is 25.2 Å². The van der Waals surface area contributed by atoms with E-state index in [1.54, 1.807) is 7.11 Å². The van der Waals surface area contributed by atoms with Gasteiger partial charge in [0.1, 0.15) is 11.6 Å². The van der Waals surface area contributed by atoms with E-state index in [-0.39, 0.29) is 5.54 Å². The van der Waals surface area contributed by atoms with Gasteiger partial charge in [0.2, 0.25) is 0 Å². The smallest absolute Gasteiger partial charge is 0.121 e. The van der Waals surface area contributed by atoms with Crippen LogP contribution in [0.5, 0.6) is 5.75 Å². The number of nitrogens with zero attached hydrogens (tertiary/aromatic N) is 1. The lowest BCUT2D eigenvalue weighted by Gasteiger charge is -2.15. The highest BCUT2D eigenvalue weighted by molar-refractivity contribution is 5.61. The Labute approximate surface area is 114 Å². The maximum absolute atomic E-state index is 6.00. The zero-order chi connectivity index (χ0) is 14.0. The van der Waals surface area contributed by atoms with Gasteiger partial charge in [-0.1, -0.05) is 0 Å². The van der Waals surface area contributed by atoms with Crippen LogP contribution >= 0.6 is 0 Å². The van der Waals surface area contributed by atoms with Crippen LogP contribution in [0.4, 0.5) is 0 Å². The summed E-state index contributed by atoms with van der Waals surface area (Å²) in [5.41, 5.74) is 8.96. The number of hydrogen-bond donors (Lipinski definition) is 2. The van der Waals surface area contributed by atoms with Gasteiger partial charge in [0, 0.05) is 17.5 Å². The molecule has 4 nitrogen and oxygen atoms in total. The first kappa shape index (κ1) is 13.6. The fourth-order valence-electron chi connectivity index (χ4n) is 2.08. The number of aromatic nitrogens is 2. The molecule has 1 heterocycles. The first-order valence-electron chi connectivity index (χ1n) is 6.37. The molecule has 1 aromatic carbocycles. The second-order valence-electron chi connectivity index (χ2n) is 5.59. The van der Waals surface area contributed by atoms with Crippen molar-refractivity contribution >= 4 is 0 Å². The Bertz CT molecular complexity index is 567. The molecule has 0 unspecified atom stereocenters. The van der Waals surface area contributed by atoms with Gasteiger partial charge in [-0.3, -0.25) is 0 Å². The van der Waals surface area contributed by atoms with Gasteiger partial charge in [0.15, 0.2) is 0 Å². The molecule has 0 fully saturated rings. The normalized spacial score (nSPS) is 11.6. The van der Waals surface area contributed by atoms with Crippen LogP contribution in [-0.2, 0) is 6.42 Å². The second kappa shape index (κ2) is 5.05. The van der Waals surface area contributed by atoms with E-state index in [1.165, 1.54) is 0 Å². The molecule has 3 N–H and O–H groups in total. The Morgan fingerprint density at radius 1 is 1.37 bits per heavy atom. The number of ether oxygens (including phenoxy) is 1. The van der Waals surface area contributed by atoms with Gasteiger partial charge in [-0.15, -0.1) is 0 Å². The summed E-state index contributed by atoms with van der Waals surface area (Å²) in [6.45, 7) is 6.02. The molecule has 19 heavy (non-hydrogen) atoms. The molecule has 0 spiro atoms. The number of methoxy groups -OCH3 is 1. The van der Waals surface area contributed by atoms with Gasteiger partial charge in [-0.05, 0) is 44.5 Å². The quantitative estimate of drug-likeness (QED) is 0.887. The van der Waals surface area contributed by atoms with Crippen LogP contribution in [-0.4, -0.2) is 22.6 Å². The number of imidazole rings is 1. The summed E-state index contributed by atoms with van der Waals surface area (Å²) in [5, 5.41) is 0. The molecule has 2 rings (SSSR count). The fraction of sp³-hybridized carbons (Fsp3) is 0.400. The number of nitrogens with one attached hydrogen (secondary N) is 1. The SMILES string of the molecule is COc1ccc(-c2cnc(CC(C)(C)N)[nH]2)cc1C. The Morgan fingerprint density at radius 3 is 2.68 bits per heavy atom. The third kappa shape index (κ3) is 3.35. The van der Waals surface area contributed by atoms with Crippen molar-refractivity contribution in [2.24, 2.45) is 5.73 Å². The molecule has 102 valence electrons. The van der Waals surface area contributed by atoms with E-state index in [0.29, 0.717) is 0 Å². The van der Waals surface area contributed by atoms with E-state index < -0.39 is 0 Å². The minimum Gasteiger partial charge on any atom is -0.496 e. The molecule has 0 radical (unpaired) electrons. The van der Waals surface area contributed by atoms with E-state index in [1.807, 2.05) is 39.1 Å². The van der Waals surface area contributed by atoms with E-state index in [0.717, 1.165) is 34.8 Å². The third-order valence-electron chi connectivity index (χ3n) is 2.96. The first-order valence-corrected chi connectivity index (χ1v) is 6.37. The topological polar surface area (TPSA) is 63.9 Å². The van der Waals surface area contributed by atoms with Crippen molar-refractivity contribution in [2.45, 2.75) is 32.7 Å². The number of H-pyrrole nitrogens is 1. The van der Waals surface area contributed by atoms with E-state index in [9.17, 15) is 0 Å². The number of aryl methyl sites for hydroxylation is 1. The predicted octanol–water partition coefficient (Wildman–Crippen LogP) is 2.67. The van der Waals surface area contributed by atoms with E-state index in [4.69, 9.17) is 10.5 Å². The minimum absolute atomic E-state index is 0.259. The molecule has 0 saturated carbocycles. The van der Waals surface area contributed by atoms with E-state index >= 15 is 0 Å². The van der Waals surface area contributed by atoms with Gasteiger partial charge in [-0.25, -0.2) is 4.98 Å². The lowest BCUT2D eigenvalue weighted by Crippen LogP contribution is -2.34. The van der Waals surface area contributed by atoms with Gasteiger partial charge in [-0.2, -0.15) is 0 Å². The Kier molecular flexibility index (Phi) is 3.62. The van der Waals surface area contributed by atoms with Crippen LogP contribution in [0.15, 0.2) is 24.4 Å². The average molecular weight is 259 g/mol. The second-order valence-corrected chi connectivity index (χ2v) is 5.59. The maximum Gasteiger partial charge on any atom is 0.121 e. The third-order valence-corrected chi connectivity index (χ3v) is 2.96. The van der Waals surface area contributed by atoms with Crippen molar-refractivity contribution in [1.29, 1.82) is 0 Å². The van der Waals surface area contributed by atoms with Crippen LogP contribution in [0.2, 0.25) is 0 Å². The summed E-state index contributed by atoms with van der Waals surface area (Å²) in [6, 6.07) is 6.08. The minimum atomic E-state index is -0.259. The molecular formula is C15H21N3O. The molecule has 0 bridgehead atoms. The van der Waals surface area contributed by atoms with Crippen molar-refractivity contribution < 1.29 is 4.74 Å². The predicted molar refractivity (Wildman–Crippen MR) is 77.3 cm³/mol. The molecule has 0 aliphatic heterocycles. The number of hydrogen-bond acceptors (Lipinski definition) is 3. The number of nitrogens with two attached hydrogens (primary N) is 1. The lowest BCUT2D eigenvalue weighted by atomic mass is 10.0. The standard InChI is InChI=1S/C15H21N3O/c1-10-7-11(5-6-13(10)19-4)12-9-17-14(18-12)8-15(2,3)16/h5-7,9H,8,16H2,1-4H3,(H,17,18). The highest BCUT2D eigenvalue weighted by Crippen LogP contribution is 2.25. The first-order chi connectivity index (χ1) is 8.89. The van der Waals surface area contributed by atoms with Crippen molar-refractivity contribution in [2.75, 3.05) is 7.11 Å². The van der Waals surface area contributed by atoms with E-state index in [2.05, 4.69) is 16.0 Å². The highest BCUT2D eigenvalue weighted by atomic mass is 16.5. The molecule has 0 aliphatic carbocycles. The molecule has 2 aromatic rings. The van der Waals surface area contributed by atoms with Gasteiger partial charge >= 0.3 is 0 Å². The monoisotopic (exact) mass is 259 g/mol. The molecular weight excluding hydrogens is 238 g/mol. The summed E-state index contributed by atoms with van der Waals surface area (Å²) in [4.78, 5) is 7.70. The Hall–Kier alpha value is -1.81. The summed E-state index contributed by atoms with van der Waals surface area (Å²) < 4.78 is 5.26. The molecule has 0 aliphatic rings. The number of aromatic amines is 1. The Balaban J connectivity index is 2.25. The zero-order valence-corrected chi connectivity index (χ0v) is 11.9. The largest absolute Gasteiger partial charge is 0.496 e. The molecule has 4 heteroatoms. The van der Waals surface area contributed by atoms with Gasteiger partial charge in [0.25, 0.3) is 0 Å². The molecule has 1 aromatic heterocycles. The van der Waals surface area contributed by atoms with Crippen molar-refractivity contribution in [3.05, 3.63) is 35.8 Å². The maximum atomic E-state index is 6.00. The number of benzene rings is 1. The fourth-order valence-corrected chi connectivity index (χ4v) is 2.08. The van der Waals surface area contributed by atoms with Crippen LogP contribution in [0.3, 0.4) is 0 Å². The van der Waals surface area contributed by atoms with Gasteiger partial charge in [0.05, 0.1) is 19.0 Å². The zero-order valence-electron chi connectivity index (χ0n) is 11.9. The highest BCUT2D eigenvalue weighted by Gasteiger charge is 2.14. The summed E-state index contributed by atoms with van der Waals surface area (Å²) in [7, 11) is 1.68. The van der Waals surface area contributed by atoms with Crippen LogP contribution in [0, 0.1) is 6.92 Å². The molecule has 0 atom stereocenters. The van der Waals surface area contributed by atoms with Gasteiger partial charge < -0.3 is 15.5 Å². The molecule has 0 saturated heterocycles. The number of rotatable bonds is 4. The van der Waals surface area contributed by atoms with Crippen LogP contribution in [0.25, 0.3) is 11.3 Å². The summed E-state index contributed by atoms with van der Waals surface area (Å²) in [6.07, 6.45) is 2.57. The lowest BCUT2D eigenvalue weighted by molar-refractivity contribution is 0.412. The van der Waals surface area contributed by atoms with Crippen molar-refractivity contribution in [3.8, 4) is 17.0 Å².